The van der Waals surface area contributed by atoms with E-state index in [2.05, 4.69) is 19.4 Å². The molecule has 51 heavy (non-hydrogen) atoms. The molecule has 0 bridgehead atoms. The number of halogens is 6. The minimum absolute atomic E-state index is 0.0589. The highest BCUT2D eigenvalue weighted by Gasteiger charge is 2.38. The summed E-state index contributed by atoms with van der Waals surface area (Å²) in [4.78, 5) is 66.5. The predicted molar refractivity (Wildman–Crippen MR) is 164 cm³/mol. The van der Waals surface area contributed by atoms with E-state index in [1.165, 1.54) is 36.4 Å². The first kappa shape index (κ1) is 37.4. The number of carbonyl (C=O) groups is 4. The molecule has 0 saturated heterocycles. The number of phenols is 1. The number of para-hydroxylation sites is 2. The number of rotatable bonds is 7. The lowest BCUT2D eigenvalue weighted by Gasteiger charge is -2.11. The first-order valence-corrected chi connectivity index (χ1v) is 14.2. The van der Waals surface area contributed by atoms with Crippen LogP contribution in [-0.4, -0.2) is 52.8 Å². The number of pyridine rings is 2. The molecule has 2 aromatic carbocycles. The van der Waals surface area contributed by atoms with Crippen LogP contribution < -0.4 is 5.43 Å². The number of esters is 2. The van der Waals surface area contributed by atoms with Gasteiger partial charge in [0.1, 0.15) is 22.6 Å². The smallest absolute Gasteiger partial charge is 0.434 e. The van der Waals surface area contributed by atoms with Crippen molar-refractivity contribution in [3.8, 4) is 17.1 Å². The maximum Gasteiger partial charge on any atom is 0.434 e. The Morgan fingerprint density at radius 2 is 1.22 bits per heavy atom. The molecule has 0 radical (unpaired) electrons. The zero-order valence-corrected chi connectivity index (χ0v) is 26.1. The van der Waals surface area contributed by atoms with Crippen LogP contribution in [0.5, 0.6) is 5.75 Å². The Kier molecular flexibility index (Phi) is 11.0. The van der Waals surface area contributed by atoms with Gasteiger partial charge in [0.25, 0.3) is 0 Å². The molecule has 17 heteroatoms. The van der Waals surface area contributed by atoms with Gasteiger partial charge in [0.15, 0.2) is 34.0 Å². The van der Waals surface area contributed by atoms with Gasteiger partial charge < -0.3 is 19.0 Å². The molecule has 0 fully saturated rings. The van der Waals surface area contributed by atoms with Gasteiger partial charge in [-0.15, -0.1) is 0 Å². The molecule has 5 rings (SSSR count). The number of alkyl halides is 6. The SMILES string of the molecule is COC(=O)c1cccc(C(=O)CC(=O)c2cccnc2C(F)(F)F)c1O.COC(=O)c1cccc2c(=O)cc(-c3cccnc3C(F)(F)F)oc12. The van der Waals surface area contributed by atoms with Crippen LogP contribution in [0.3, 0.4) is 0 Å². The molecule has 1 N–H and O–H groups in total. The molecule has 0 atom stereocenters. The number of Topliss-reactive ketones (excluding diaryl/α,β-unsaturated/α-hetero) is 2. The molecule has 0 spiro atoms. The molecule has 264 valence electrons. The number of hydrogen-bond donors (Lipinski definition) is 1. The van der Waals surface area contributed by atoms with Crippen molar-refractivity contribution in [1.29, 1.82) is 0 Å². The highest BCUT2D eigenvalue weighted by atomic mass is 19.4. The first-order valence-electron chi connectivity index (χ1n) is 14.2. The van der Waals surface area contributed by atoms with E-state index in [0.717, 1.165) is 56.9 Å². The molecule has 0 saturated carbocycles. The molecule has 3 heterocycles. The van der Waals surface area contributed by atoms with E-state index < -0.39 is 76.0 Å². The summed E-state index contributed by atoms with van der Waals surface area (Å²) in [5.74, 6) is -4.79. The van der Waals surface area contributed by atoms with E-state index >= 15 is 0 Å². The van der Waals surface area contributed by atoms with Crippen LogP contribution in [0.2, 0.25) is 0 Å². The number of hydrogen-bond acceptors (Lipinski definition) is 11. The zero-order valence-electron chi connectivity index (χ0n) is 26.1. The summed E-state index contributed by atoms with van der Waals surface area (Å²) in [6.07, 6.45) is -8.65. The molecular formula is C34H22F6N2O9. The van der Waals surface area contributed by atoms with Crippen LogP contribution in [0, 0.1) is 0 Å². The molecular weight excluding hydrogens is 694 g/mol. The average molecular weight is 717 g/mol. The number of ether oxygens (including phenoxy) is 2. The highest BCUT2D eigenvalue weighted by molar-refractivity contribution is 6.15. The highest BCUT2D eigenvalue weighted by Crippen LogP contribution is 2.36. The fraction of sp³-hybridized carbons (Fsp3) is 0.147. The van der Waals surface area contributed by atoms with Crippen molar-refractivity contribution in [3.05, 3.63) is 123 Å². The molecule has 0 aliphatic heterocycles. The Morgan fingerprint density at radius 1 is 0.706 bits per heavy atom. The number of fused-ring (bicyclic) bond motifs is 1. The van der Waals surface area contributed by atoms with Crippen LogP contribution in [0.25, 0.3) is 22.3 Å². The molecule has 0 unspecified atom stereocenters. The molecule has 5 aromatic rings. The third kappa shape index (κ3) is 8.26. The molecule has 3 aromatic heterocycles. The fourth-order valence-electron chi connectivity index (χ4n) is 4.65. The van der Waals surface area contributed by atoms with Crippen molar-refractivity contribution in [3.63, 3.8) is 0 Å². The topological polar surface area (TPSA) is 163 Å². The van der Waals surface area contributed by atoms with Gasteiger partial charge in [-0.05, 0) is 48.5 Å². The standard InChI is InChI=1S/C17H12F3NO5.C17H10F3NO4/c1-26-16(25)11-5-2-4-9(14(11)24)12(22)8-13(23)10-6-3-7-21-15(10)17(18,19)20;1-24-16(23)11-5-2-4-9-12(22)8-13(25-14(9)11)10-6-3-7-21-15(10)17(18,19)20/h2-7,24H,8H2,1H3;2-8H,1H3. The predicted octanol–water partition coefficient (Wildman–Crippen LogP) is 6.71. The summed E-state index contributed by atoms with van der Waals surface area (Å²) < 4.78 is 92.8. The van der Waals surface area contributed by atoms with E-state index in [4.69, 9.17) is 4.42 Å². The van der Waals surface area contributed by atoms with Crippen LogP contribution in [0.1, 0.15) is 59.2 Å². The Bertz CT molecular complexity index is 2210. The van der Waals surface area contributed by atoms with Crippen LogP contribution in [0.15, 0.2) is 88.3 Å². The third-order valence-electron chi connectivity index (χ3n) is 6.94. The quantitative estimate of drug-likeness (QED) is 0.0825. The van der Waals surface area contributed by atoms with Gasteiger partial charge in [-0.3, -0.25) is 24.4 Å². The lowest BCUT2D eigenvalue weighted by molar-refractivity contribution is -0.142. The number of aromatic nitrogens is 2. The first-order chi connectivity index (χ1) is 24.0. The second-order valence-electron chi connectivity index (χ2n) is 10.2. The number of benzene rings is 2. The van der Waals surface area contributed by atoms with E-state index in [0.29, 0.717) is 0 Å². The maximum atomic E-state index is 13.2. The Morgan fingerprint density at radius 3 is 1.84 bits per heavy atom. The number of nitrogens with zero attached hydrogens (tertiary/aromatic N) is 2. The van der Waals surface area contributed by atoms with Gasteiger partial charge in [-0.1, -0.05) is 12.1 Å². The zero-order chi connectivity index (χ0) is 37.7. The van der Waals surface area contributed by atoms with E-state index in [9.17, 15) is 55.4 Å². The Balaban J connectivity index is 0.000000229. The minimum atomic E-state index is -4.86. The van der Waals surface area contributed by atoms with Crippen molar-refractivity contribution >= 4 is 34.5 Å². The summed E-state index contributed by atoms with van der Waals surface area (Å²) in [6, 6.07) is 13.3. The van der Waals surface area contributed by atoms with Gasteiger partial charge in [-0.2, -0.15) is 26.3 Å². The number of ketones is 2. The summed E-state index contributed by atoms with van der Waals surface area (Å²) in [5.41, 5.74) is -5.20. The van der Waals surface area contributed by atoms with Gasteiger partial charge in [-0.25, -0.2) is 9.59 Å². The lowest BCUT2D eigenvalue weighted by atomic mass is 9.98. The number of carbonyl (C=O) groups excluding carboxylic acids is 4. The van der Waals surface area contributed by atoms with E-state index in [1.807, 2.05) is 0 Å². The van der Waals surface area contributed by atoms with E-state index in [1.54, 1.807) is 0 Å². The molecule has 0 aliphatic carbocycles. The van der Waals surface area contributed by atoms with Crippen LogP contribution in [0.4, 0.5) is 26.3 Å². The van der Waals surface area contributed by atoms with Gasteiger partial charge in [0.05, 0.1) is 31.6 Å². The van der Waals surface area contributed by atoms with Crippen molar-refractivity contribution < 1.29 is 64.5 Å². The summed E-state index contributed by atoms with van der Waals surface area (Å²) >= 11 is 0. The number of phenolic OH excluding ortho intramolecular Hbond substituents is 1. The summed E-state index contributed by atoms with van der Waals surface area (Å²) in [6.45, 7) is 0. The Hall–Kier alpha value is -6.39. The molecule has 0 aliphatic rings. The van der Waals surface area contributed by atoms with Crippen molar-refractivity contribution in [2.45, 2.75) is 18.8 Å². The largest absolute Gasteiger partial charge is 0.506 e. The number of aromatic hydroxyl groups is 1. The van der Waals surface area contributed by atoms with Gasteiger partial charge in [0, 0.05) is 29.6 Å². The van der Waals surface area contributed by atoms with Crippen LogP contribution >= 0.6 is 0 Å². The lowest BCUT2D eigenvalue weighted by Crippen LogP contribution is -2.17. The van der Waals surface area contributed by atoms with Gasteiger partial charge >= 0.3 is 24.3 Å². The summed E-state index contributed by atoms with van der Waals surface area (Å²) in [7, 11) is 2.22. The second-order valence-corrected chi connectivity index (χ2v) is 10.2. The van der Waals surface area contributed by atoms with Gasteiger partial charge in [0.2, 0.25) is 0 Å². The summed E-state index contributed by atoms with van der Waals surface area (Å²) in [5, 5.41) is 10.1. The molecule has 0 amide bonds. The normalized spacial score (nSPS) is 11.3. The number of methoxy groups -OCH3 is 2. The Labute approximate surface area is 282 Å². The maximum absolute atomic E-state index is 13.2. The monoisotopic (exact) mass is 716 g/mol. The van der Waals surface area contributed by atoms with Crippen molar-refractivity contribution in [1.82, 2.24) is 9.97 Å². The average Bonchev–Trinajstić information content (AvgIpc) is 3.10. The van der Waals surface area contributed by atoms with Crippen molar-refractivity contribution in [2.75, 3.05) is 14.2 Å². The van der Waals surface area contributed by atoms with Crippen LogP contribution in [-0.2, 0) is 21.8 Å². The fourth-order valence-corrected chi connectivity index (χ4v) is 4.65. The second kappa shape index (κ2) is 15.0. The van der Waals surface area contributed by atoms with E-state index in [-0.39, 0.29) is 33.4 Å². The minimum Gasteiger partial charge on any atom is -0.506 e. The van der Waals surface area contributed by atoms with Crippen molar-refractivity contribution in [2.24, 2.45) is 0 Å². The third-order valence-corrected chi connectivity index (χ3v) is 6.94. The molecule has 11 nitrogen and oxygen atoms in total.